The number of halogens is 1. The largest absolute Gasteiger partial charge is 0.339 e. The highest BCUT2D eigenvalue weighted by atomic mass is 19.1. The van der Waals surface area contributed by atoms with Crippen LogP contribution >= 0.6 is 0 Å². The van der Waals surface area contributed by atoms with Gasteiger partial charge in [0.1, 0.15) is 11.5 Å². The van der Waals surface area contributed by atoms with Gasteiger partial charge in [-0.25, -0.2) is 4.39 Å². The SMILES string of the molecule is CN(Cc1ccccc1F)C(=O)c1cccn1Cc1ccccc1. The van der Waals surface area contributed by atoms with Crippen LogP contribution in [0.25, 0.3) is 0 Å². The molecule has 1 aromatic heterocycles. The molecule has 2 aromatic carbocycles. The number of rotatable bonds is 5. The van der Waals surface area contributed by atoms with E-state index in [0.717, 1.165) is 5.56 Å². The van der Waals surface area contributed by atoms with E-state index in [1.807, 2.05) is 47.2 Å². The summed E-state index contributed by atoms with van der Waals surface area (Å²) in [5.74, 6) is -0.420. The van der Waals surface area contributed by atoms with Crippen molar-refractivity contribution in [2.24, 2.45) is 0 Å². The van der Waals surface area contributed by atoms with Crippen LogP contribution in [-0.4, -0.2) is 22.4 Å². The van der Waals surface area contributed by atoms with Crippen LogP contribution in [-0.2, 0) is 13.1 Å². The van der Waals surface area contributed by atoms with E-state index in [4.69, 9.17) is 0 Å². The Hall–Kier alpha value is -2.88. The highest BCUT2D eigenvalue weighted by Crippen LogP contribution is 2.13. The lowest BCUT2D eigenvalue weighted by Crippen LogP contribution is -2.28. The second-order valence-corrected chi connectivity index (χ2v) is 5.76. The molecule has 122 valence electrons. The van der Waals surface area contributed by atoms with Gasteiger partial charge in [-0.3, -0.25) is 4.79 Å². The third-order valence-corrected chi connectivity index (χ3v) is 3.96. The molecule has 4 heteroatoms. The fraction of sp³-hybridized carbons (Fsp3) is 0.150. The number of benzene rings is 2. The number of hydrogen-bond acceptors (Lipinski definition) is 1. The summed E-state index contributed by atoms with van der Waals surface area (Å²) in [4.78, 5) is 14.3. The Morgan fingerprint density at radius 2 is 1.71 bits per heavy atom. The molecule has 0 atom stereocenters. The second kappa shape index (κ2) is 7.13. The Balaban J connectivity index is 1.76. The van der Waals surface area contributed by atoms with Gasteiger partial charge in [0.05, 0.1) is 0 Å². The summed E-state index contributed by atoms with van der Waals surface area (Å²) in [6, 6.07) is 20.1. The van der Waals surface area contributed by atoms with Gasteiger partial charge in [0.15, 0.2) is 0 Å². The van der Waals surface area contributed by atoms with Crippen LogP contribution in [0.1, 0.15) is 21.6 Å². The molecule has 0 saturated carbocycles. The van der Waals surface area contributed by atoms with Crippen LogP contribution in [0.5, 0.6) is 0 Å². The Morgan fingerprint density at radius 1 is 1.00 bits per heavy atom. The van der Waals surface area contributed by atoms with Crippen molar-refractivity contribution in [1.29, 1.82) is 0 Å². The maximum atomic E-state index is 13.8. The van der Waals surface area contributed by atoms with Crippen LogP contribution in [0.3, 0.4) is 0 Å². The molecular weight excluding hydrogens is 303 g/mol. The van der Waals surface area contributed by atoms with Crippen molar-refractivity contribution in [1.82, 2.24) is 9.47 Å². The van der Waals surface area contributed by atoms with Gasteiger partial charge in [-0.15, -0.1) is 0 Å². The van der Waals surface area contributed by atoms with E-state index < -0.39 is 0 Å². The van der Waals surface area contributed by atoms with Gasteiger partial charge in [0, 0.05) is 31.9 Å². The molecule has 3 aromatic rings. The molecule has 0 bridgehead atoms. The zero-order chi connectivity index (χ0) is 16.9. The van der Waals surface area contributed by atoms with Crippen molar-refractivity contribution in [3.63, 3.8) is 0 Å². The quantitative estimate of drug-likeness (QED) is 0.698. The fourth-order valence-corrected chi connectivity index (χ4v) is 2.68. The molecular formula is C20H19FN2O. The van der Waals surface area contributed by atoms with Crippen molar-refractivity contribution in [2.75, 3.05) is 7.05 Å². The Morgan fingerprint density at radius 3 is 2.46 bits per heavy atom. The Labute approximate surface area is 141 Å². The van der Waals surface area contributed by atoms with Crippen molar-refractivity contribution >= 4 is 5.91 Å². The van der Waals surface area contributed by atoms with E-state index in [0.29, 0.717) is 17.8 Å². The topological polar surface area (TPSA) is 25.2 Å². The molecule has 24 heavy (non-hydrogen) atoms. The molecule has 1 amide bonds. The fourth-order valence-electron chi connectivity index (χ4n) is 2.68. The smallest absolute Gasteiger partial charge is 0.270 e. The summed E-state index contributed by atoms with van der Waals surface area (Å²) in [5.41, 5.74) is 2.23. The lowest BCUT2D eigenvalue weighted by molar-refractivity contribution is 0.0773. The number of carbonyl (C=O) groups is 1. The predicted octanol–water partition coefficient (Wildman–Crippen LogP) is 3.95. The standard InChI is InChI=1S/C20H19FN2O/c1-22(15-17-10-5-6-11-18(17)21)20(24)19-12-7-13-23(19)14-16-8-3-2-4-9-16/h2-13H,14-15H2,1H3. The average molecular weight is 322 g/mol. The summed E-state index contributed by atoms with van der Waals surface area (Å²) in [6.45, 7) is 0.866. The first-order valence-corrected chi connectivity index (χ1v) is 7.83. The molecule has 0 aliphatic heterocycles. The minimum Gasteiger partial charge on any atom is -0.339 e. The molecule has 0 spiro atoms. The molecule has 0 saturated heterocycles. The summed E-state index contributed by atoms with van der Waals surface area (Å²) in [6.07, 6.45) is 1.89. The van der Waals surface area contributed by atoms with Crippen LogP contribution in [0.4, 0.5) is 4.39 Å². The van der Waals surface area contributed by atoms with E-state index in [2.05, 4.69) is 0 Å². The molecule has 0 radical (unpaired) electrons. The normalized spacial score (nSPS) is 10.6. The third kappa shape index (κ3) is 3.54. The third-order valence-electron chi connectivity index (χ3n) is 3.96. The van der Waals surface area contributed by atoms with E-state index in [-0.39, 0.29) is 18.3 Å². The van der Waals surface area contributed by atoms with Crippen LogP contribution in [0, 0.1) is 5.82 Å². The van der Waals surface area contributed by atoms with Gasteiger partial charge in [-0.05, 0) is 23.8 Å². The molecule has 0 aliphatic carbocycles. The number of amides is 1. The first-order chi connectivity index (χ1) is 11.6. The van der Waals surface area contributed by atoms with E-state index in [9.17, 15) is 9.18 Å². The van der Waals surface area contributed by atoms with Gasteiger partial charge in [-0.1, -0.05) is 48.5 Å². The molecule has 0 N–H and O–H groups in total. The highest BCUT2D eigenvalue weighted by Gasteiger charge is 2.17. The highest BCUT2D eigenvalue weighted by molar-refractivity contribution is 5.92. The van der Waals surface area contributed by atoms with Crippen LogP contribution in [0.2, 0.25) is 0 Å². The van der Waals surface area contributed by atoms with Crippen molar-refractivity contribution in [3.05, 3.63) is 95.6 Å². The molecule has 3 rings (SSSR count). The van der Waals surface area contributed by atoms with Crippen LogP contribution in [0.15, 0.2) is 72.9 Å². The summed E-state index contributed by atoms with van der Waals surface area (Å²) in [7, 11) is 1.69. The molecule has 0 aliphatic rings. The van der Waals surface area contributed by atoms with Crippen molar-refractivity contribution in [2.45, 2.75) is 13.1 Å². The number of aromatic nitrogens is 1. The van der Waals surface area contributed by atoms with Gasteiger partial charge in [0.2, 0.25) is 0 Å². The first kappa shape index (κ1) is 16.0. The minimum absolute atomic E-state index is 0.126. The average Bonchev–Trinajstić information content (AvgIpc) is 3.05. The summed E-state index contributed by atoms with van der Waals surface area (Å²) in [5, 5.41) is 0. The predicted molar refractivity (Wildman–Crippen MR) is 92.2 cm³/mol. The zero-order valence-electron chi connectivity index (χ0n) is 13.5. The molecule has 3 nitrogen and oxygen atoms in total. The van der Waals surface area contributed by atoms with Crippen LogP contribution < -0.4 is 0 Å². The van der Waals surface area contributed by atoms with Gasteiger partial charge in [-0.2, -0.15) is 0 Å². The van der Waals surface area contributed by atoms with Gasteiger partial charge >= 0.3 is 0 Å². The Kier molecular flexibility index (Phi) is 4.75. The van der Waals surface area contributed by atoms with Crippen molar-refractivity contribution < 1.29 is 9.18 Å². The van der Waals surface area contributed by atoms with E-state index >= 15 is 0 Å². The van der Waals surface area contributed by atoms with Gasteiger partial charge < -0.3 is 9.47 Å². The van der Waals surface area contributed by atoms with E-state index in [1.54, 1.807) is 31.3 Å². The number of nitrogens with zero attached hydrogens (tertiary/aromatic N) is 2. The second-order valence-electron chi connectivity index (χ2n) is 5.76. The monoisotopic (exact) mass is 322 g/mol. The minimum atomic E-state index is -0.295. The maximum absolute atomic E-state index is 13.8. The molecule has 0 fully saturated rings. The summed E-state index contributed by atoms with van der Waals surface area (Å²) >= 11 is 0. The number of carbonyl (C=O) groups excluding carboxylic acids is 1. The molecule has 0 unspecified atom stereocenters. The van der Waals surface area contributed by atoms with Gasteiger partial charge in [0.25, 0.3) is 5.91 Å². The molecule has 1 heterocycles. The lowest BCUT2D eigenvalue weighted by Gasteiger charge is -2.19. The summed E-state index contributed by atoms with van der Waals surface area (Å²) < 4.78 is 15.7. The maximum Gasteiger partial charge on any atom is 0.270 e. The zero-order valence-corrected chi connectivity index (χ0v) is 13.5. The number of hydrogen-bond donors (Lipinski definition) is 0. The Bertz CT molecular complexity index is 826. The van der Waals surface area contributed by atoms with E-state index in [1.165, 1.54) is 11.0 Å². The van der Waals surface area contributed by atoms with Crippen molar-refractivity contribution in [3.8, 4) is 0 Å². The lowest BCUT2D eigenvalue weighted by atomic mass is 10.2. The first-order valence-electron chi connectivity index (χ1n) is 7.83.